The summed E-state index contributed by atoms with van der Waals surface area (Å²) in [4.78, 5) is 15.7. The number of piperidine rings is 1. The summed E-state index contributed by atoms with van der Waals surface area (Å²) < 4.78 is 0. The van der Waals surface area contributed by atoms with Crippen LogP contribution in [0.2, 0.25) is 5.02 Å². The van der Waals surface area contributed by atoms with Crippen LogP contribution in [0, 0.1) is 13.8 Å². The molecular weight excluding hydrogens is 374 g/mol. The second kappa shape index (κ2) is 9.21. The molecule has 0 unspecified atom stereocenters. The van der Waals surface area contributed by atoms with Crippen molar-refractivity contribution in [2.45, 2.75) is 39.7 Å². The molecule has 8 heteroatoms. The Hall–Kier alpha value is -2.38. The predicted octanol–water partition coefficient (Wildman–Crippen LogP) is 3.70. The van der Waals surface area contributed by atoms with Gasteiger partial charge in [-0.3, -0.25) is 0 Å². The molecule has 28 heavy (non-hydrogen) atoms. The Morgan fingerprint density at radius 1 is 1.25 bits per heavy atom. The molecule has 0 atom stereocenters. The standard InChI is InChI=1S/C20H28ClN7/c1-4-28-9-7-15(8-10-28)24-18-12-14(3)23-20(26-18)27-19(22)25-16-5-6-17(21)13(2)11-16/h5-6,11-12,15H,4,7-10H2,1-3H3,(H4,22,23,24,25,26,27). The Kier molecular flexibility index (Phi) is 6.70. The number of nitrogens with two attached hydrogens (primary N) is 1. The maximum absolute atomic E-state index is 6.06. The van der Waals surface area contributed by atoms with Crippen LogP contribution in [0.25, 0.3) is 0 Å². The zero-order chi connectivity index (χ0) is 20.1. The lowest BCUT2D eigenvalue weighted by molar-refractivity contribution is 0.229. The molecule has 0 amide bonds. The minimum absolute atomic E-state index is 0.231. The molecule has 3 rings (SSSR count). The molecule has 1 aromatic carbocycles. The number of nitrogens with zero attached hydrogens (tertiary/aromatic N) is 4. The van der Waals surface area contributed by atoms with E-state index in [1.54, 1.807) is 0 Å². The molecule has 0 radical (unpaired) electrons. The SMILES string of the molecule is CCN1CCC(Nc2cc(C)nc(N=C(N)Nc3ccc(Cl)c(C)c3)n2)CC1. The first kappa shape index (κ1) is 20.4. The molecule has 0 saturated carbocycles. The Morgan fingerprint density at radius 3 is 2.68 bits per heavy atom. The van der Waals surface area contributed by atoms with Gasteiger partial charge in [-0.25, -0.2) is 4.98 Å². The fraction of sp³-hybridized carbons (Fsp3) is 0.450. The van der Waals surface area contributed by atoms with Gasteiger partial charge in [0, 0.05) is 41.6 Å². The quantitative estimate of drug-likeness (QED) is 0.522. The molecule has 7 nitrogen and oxygen atoms in total. The molecule has 1 aromatic heterocycles. The number of nitrogens with one attached hydrogen (secondary N) is 2. The zero-order valence-corrected chi connectivity index (χ0v) is 17.4. The summed E-state index contributed by atoms with van der Waals surface area (Å²) in [5.74, 6) is 1.36. The van der Waals surface area contributed by atoms with Crippen LogP contribution in [0.4, 0.5) is 17.5 Å². The van der Waals surface area contributed by atoms with Gasteiger partial charge in [0.25, 0.3) is 5.95 Å². The van der Waals surface area contributed by atoms with Crippen LogP contribution in [0.5, 0.6) is 0 Å². The van der Waals surface area contributed by atoms with E-state index in [0.29, 0.717) is 17.0 Å². The highest BCUT2D eigenvalue weighted by molar-refractivity contribution is 6.31. The van der Waals surface area contributed by atoms with Crippen molar-refractivity contribution >= 4 is 35.0 Å². The smallest absolute Gasteiger partial charge is 0.254 e. The molecule has 0 bridgehead atoms. The van der Waals surface area contributed by atoms with Gasteiger partial charge in [-0.1, -0.05) is 18.5 Å². The number of rotatable bonds is 5. The lowest BCUT2D eigenvalue weighted by Crippen LogP contribution is -2.39. The Morgan fingerprint density at radius 2 is 2.00 bits per heavy atom. The largest absolute Gasteiger partial charge is 0.369 e. The second-order valence-electron chi connectivity index (χ2n) is 7.13. The minimum atomic E-state index is 0.231. The van der Waals surface area contributed by atoms with E-state index in [1.165, 1.54) is 0 Å². The highest BCUT2D eigenvalue weighted by Gasteiger charge is 2.18. The maximum Gasteiger partial charge on any atom is 0.254 e. The van der Waals surface area contributed by atoms with E-state index >= 15 is 0 Å². The molecule has 0 spiro atoms. The van der Waals surface area contributed by atoms with Gasteiger partial charge in [-0.05, 0) is 57.0 Å². The summed E-state index contributed by atoms with van der Waals surface area (Å²) in [6.07, 6.45) is 2.21. The van der Waals surface area contributed by atoms with Crippen molar-refractivity contribution in [2.24, 2.45) is 10.7 Å². The number of halogens is 1. The van der Waals surface area contributed by atoms with Crippen LogP contribution in [0.15, 0.2) is 29.3 Å². The van der Waals surface area contributed by atoms with E-state index in [9.17, 15) is 0 Å². The van der Waals surface area contributed by atoms with Crippen LogP contribution >= 0.6 is 11.6 Å². The van der Waals surface area contributed by atoms with Crippen molar-refractivity contribution in [3.8, 4) is 0 Å². The molecular formula is C20H28ClN7. The summed E-state index contributed by atoms with van der Waals surface area (Å²) in [5, 5.41) is 7.29. The van der Waals surface area contributed by atoms with Crippen molar-refractivity contribution in [3.63, 3.8) is 0 Å². The summed E-state index contributed by atoms with van der Waals surface area (Å²) in [5.41, 5.74) is 8.67. The highest BCUT2D eigenvalue weighted by Crippen LogP contribution is 2.20. The van der Waals surface area contributed by atoms with Crippen LogP contribution in [0.3, 0.4) is 0 Å². The molecule has 2 aromatic rings. The zero-order valence-electron chi connectivity index (χ0n) is 16.7. The van der Waals surface area contributed by atoms with Crippen molar-refractivity contribution < 1.29 is 0 Å². The number of guanidine groups is 1. The van der Waals surface area contributed by atoms with E-state index in [-0.39, 0.29) is 5.96 Å². The third-order valence-corrected chi connectivity index (χ3v) is 5.30. The number of aliphatic imine (C=N–C) groups is 1. The van der Waals surface area contributed by atoms with Gasteiger partial charge in [-0.2, -0.15) is 9.98 Å². The molecule has 1 saturated heterocycles. The number of likely N-dealkylation sites (tertiary alicyclic amines) is 1. The molecule has 0 aliphatic carbocycles. The van der Waals surface area contributed by atoms with Gasteiger partial charge < -0.3 is 21.3 Å². The summed E-state index contributed by atoms with van der Waals surface area (Å²) in [6.45, 7) is 9.40. The average molecular weight is 402 g/mol. The van der Waals surface area contributed by atoms with Gasteiger partial charge >= 0.3 is 0 Å². The highest BCUT2D eigenvalue weighted by atomic mass is 35.5. The Labute approximate surface area is 171 Å². The second-order valence-corrected chi connectivity index (χ2v) is 7.54. The topological polar surface area (TPSA) is 91.5 Å². The maximum atomic E-state index is 6.06. The summed E-state index contributed by atoms with van der Waals surface area (Å²) in [7, 11) is 0. The third kappa shape index (κ3) is 5.56. The molecule has 2 heterocycles. The number of benzene rings is 1. The first-order valence-electron chi connectivity index (χ1n) is 9.65. The average Bonchev–Trinajstić information content (AvgIpc) is 2.65. The number of aryl methyl sites for hydroxylation is 2. The van der Waals surface area contributed by atoms with Crippen LogP contribution in [-0.2, 0) is 0 Å². The van der Waals surface area contributed by atoms with Crippen molar-refractivity contribution in [1.29, 1.82) is 0 Å². The number of hydrogen-bond acceptors (Lipinski definition) is 5. The van der Waals surface area contributed by atoms with Gasteiger partial charge in [0.1, 0.15) is 5.82 Å². The Bertz CT molecular complexity index is 844. The minimum Gasteiger partial charge on any atom is -0.369 e. The first-order chi connectivity index (χ1) is 13.4. The van der Waals surface area contributed by atoms with Crippen molar-refractivity contribution in [1.82, 2.24) is 14.9 Å². The number of hydrogen-bond donors (Lipinski definition) is 3. The molecule has 1 fully saturated rings. The van der Waals surface area contributed by atoms with E-state index in [4.69, 9.17) is 17.3 Å². The Balaban J connectivity index is 1.68. The van der Waals surface area contributed by atoms with Crippen LogP contribution in [-0.4, -0.2) is 46.5 Å². The van der Waals surface area contributed by atoms with E-state index in [0.717, 1.165) is 55.2 Å². The van der Waals surface area contributed by atoms with Crippen LogP contribution < -0.4 is 16.4 Å². The molecule has 1 aliphatic rings. The van der Waals surface area contributed by atoms with Crippen LogP contribution in [0.1, 0.15) is 31.0 Å². The fourth-order valence-electron chi connectivity index (χ4n) is 3.29. The molecule has 4 N–H and O–H groups in total. The summed E-state index contributed by atoms with van der Waals surface area (Å²) in [6, 6.07) is 7.95. The first-order valence-corrected chi connectivity index (χ1v) is 10.0. The van der Waals surface area contributed by atoms with E-state index in [2.05, 4.69) is 37.4 Å². The summed E-state index contributed by atoms with van der Waals surface area (Å²) >= 11 is 6.06. The van der Waals surface area contributed by atoms with Gasteiger partial charge in [0.05, 0.1) is 0 Å². The monoisotopic (exact) mass is 401 g/mol. The van der Waals surface area contributed by atoms with Gasteiger partial charge in [-0.15, -0.1) is 0 Å². The van der Waals surface area contributed by atoms with Gasteiger partial charge in [0.15, 0.2) is 0 Å². The third-order valence-electron chi connectivity index (χ3n) is 4.88. The molecule has 1 aliphatic heterocycles. The van der Waals surface area contributed by atoms with E-state index in [1.807, 2.05) is 38.1 Å². The van der Waals surface area contributed by atoms with Crippen molar-refractivity contribution in [2.75, 3.05) is 30.3 Å². The fourth-order valence-corrected chi connectivity index (χ4v) is 3.40. The number of aromatic nitrogens is 2. The normalized spacial score (nSPS) is 16.2. The van der Waals surface area contributed by atoms with Crippen molar-refractivity contribution in [3.05, 3.63) is 40.5 Å². The van der Waals surface area contributed by atoms with Gasteiger partial charge in [0.2, 0.25) is 5.96 Å². The lowest BCUT2D eigenvalue weighted by Gasteiger charge is -2.31. The van der Waals surface area contributed by atoms with E-state index < -0.39 is 0 Å². The lowest BCUT2D eigenvalue weighted by atomic mass is 10.1. The predicted molar refractivity (Wildman–Crippen MR) is 117 cm³/mol. The number of anilines is 2. The molecule has 150 valence electrons.